The van der Waals surface area contributed by atoms with Gasteiger partial charge in [-0.2, -0.15) is 0 Å². The molecule has 0 spiro atoms. The monoisotopic (exact) mass is 237 g/mol. The number of unbranched alkanes of at least 4 members (excludes halogenated alkanes) is 2. The van der Waals surface area contributed by atoms with E-state index in [-0.39, 0.29) is 5.91 Å². The van der Waals surface area contributed by atoms with Gasteiger partial charge in [-0.1, -0.05) is 0 Å². The molecule has 5 nitrogen and oxygen atoms in total. The van der Waals surface area contributed by atoms with Crippen LogP contribution in [0.2, 0.25) is 0 Å². The highest BCUT2D eigenvalue weighted by Gasteiger charge is 2.05. The molecule has 1 aromatic heterocycles. The van der Waals surface area contributed by atoms with Crippen molar-refractivity contribution in [2.24, 2.45) is 0 Å². The molecule has 0 saturated heterocycles. The molecular weight excluding hydrogens is 218 g/mol. The van der Waals surface area contributed by atoms with Gasteiger partial charge in [0, 0.05) is 20.3 Å². The van der Waals surface area contributed by atoms with Crippen LogP contribution in [0.3, 0.4) is 0 Å². The highest BCUT2D eigenvalue weighted by atomic mass is 16.5. The van der Waals surface area contributed by atoms with E-state index >= 15 is 0 Å². The maximum absolute atomic E-state index is 11.6. The Morgan fingerprint density at radius 2 is 2.24 bits per heavy atom. The molecule has 0 atom stereocenters. The molecule has 17 heavy (non-hydrogen) atoms. The van der Waals surface area contributed by atoms with Gasteiger partial charge in [0.05, 0.1) is 11.9 Å². The van der Waals surface area contributed by atoms with E-state index in [1.807, 2.05) is 0 Å². The van der Waals surface area contributed by atoms with E-state index < -0.39 is 0 Å². The lowest BCUT2D eigenvalue weighted by molar-refractivity contribution is 0.0947. The van der Waals surface area contributed by atoms with Gasteiger partial charge in [-0.25, -0.2) is 4.98 Å². The lowest BCUT2D eigenvalue weighted by atomic mass is 10.2. The second kappa shape index (κ2) is 7.62. The first-order valence-corrected chi connectivity index (χ1v) is 5.72. The summed E-state index contributed by atoms with van der Waals surface area (Å²) in [5.41, 5.74) is 6.44. The molecule has 0 aromatic carbocycles. The standard InChI is InChI=1S/C12H19N3O2/c1-17-8-4-2-3-7-14-12(16)11-6-5-10(13)9-15-11/h5-6,9H,2-4,7-8,13H2,1H3,(H,14,16). The Balaban J connectivity index is 2.19. The number of nitrogens with one attached hydrogen (secondary N) is 1. The Kier molecular flexibility index (Phi) is 6.03. The summed E-state index contributed by atoms with van der Waals surface area (Å²) in [5.74, 6) is -0.156. The minimum atomic E-state index is -0.156. The summed E-state index contributed by atoms with van der Waals surface area (Å²) in [7, 11) is 1.69. The Hall–Kier alpha value is -1.62. The fraction of sp³-hybridized carbons (Fsp3) is 0.500. The van der Waals surface area contributed by atoms with Crippen LogP contribution in [0.4, 0.5) is 5.69 Å². The van der Waals surface area contributed by atoms with Crippen LogP contribution >= 0.6 is 0 Å². The van der Waals surface area contributed by atoms with Crippen molar-refractivity contribution in [1.82, 2.24) is 10.3 Å². The SMILES string of the molecule is COCCCCCNC(=O)c1ccc(N)cn1. The average Bonchev–Trinajstić information content (AvgIpc) is 2.34. The number of ether oxygens (including phenoxy) is 1. The highest BCUT2D eigenvalue weighted by Crippen LogP contribution is 2.01. The number of aromatic nitrogens is 1. The number of hydrogen-bond donors (Lipinski definition) is 2. The summed E-state index contributed by atoms with van der Waals surface area (Å²) in [6.07, 6.45) is 4.49. The molecule has 0 aliphatic carbocycles. The summed E-state index contributed by atoms with van der Waals surface area (Å²) in [6, 6.07) is 3.29. The van der Waals surface area contributed by atoms with Crippen molar-refractivity contribution in [2.75, 3.05) is 26.0 Å². The first kappa shape index (κ1) is 13.4. The number of carbonyl (C=O) groups excluding carboxylic acids is 1. The van der Waals surface area contributed by atoms with Crippen LogP contribution in [0.5, 0.6) is 0 Å². The van der Waals surface area contributed by atoms with Gasteiger partial charge < -0.3 is 15.8 Å². The minimum Gasteiger partial charge on any atom is -0.397 e. The fourth-order valence-corrected chi connectivity index (χ4v) is 1.38. The van der Waals surface area contributed by atoms with Gasteiger partial charge in [0.25, 0.3) is 5.91 Å². The fourth-order valence-electron chi connectivity index (χ4n) is 1.38. The van der Waals surface area contributed by atoms with E-state index in [9.17, 15) is 4.79 Å². The van der Waals surface area contributed by atoms with Gasteiger partial charge >= 0.3 is 0 Å². The van der Waals surface area contributed by atoms with Crippen LogP contribution in [0, 0.1) is 0 Å². The zero-order chi connectivity index (χ0) is 12.5. The Bertz CT molecular complexity index is 338. The number of hydrogen-bond acceptors (Lipinski definition) is 4. The van der Waals surface area contributed by atoms with Crippen molar-refractivity contribution in [2.45, 2.75) is 19.3 Å². The van der Waals surface area contributed by atoms with Gasteiger partial charge in [0.15, 0.2) is 0 Å². The molecule has 1 rings (SSSR count). The molecule has 94 valence electrons. The number of rotatable bonds is 7. The van der Waals surface area contributed by atoms with Crippen LogP contribution in [0.15, 0.2) is 18.3 Å². The molecule has 1 aromatic rings. The molecule has 0 aliphatic heterocycles. The third-order valence-corrected chi connectivity index (χ3v) is 2.33. The van der Waals surface area contributed by atoms with Crippen LogP contribution in [0.1, 0.15) is 29.8 Å². The van der Waals surface area contributed by atoms with E-state index in [0.717, 1.165) is 25.9 Å². The van der Waals surface area contributed by atoms with Crippen LogP contribution in [-0.4, -0.2) is 31.2 Å². The topological polar surface area (TPSA) is 77.2 Å². The lowest BCUT2D eigenvalue weighted by Gasteiger charge is -2.04. The third kappa shape index (κ3) is 5.31. The van der Waals surface area contributed by atoms with Crippen LogP contribution < -0.4 is 11.1 Å². The average molecular weight is 237 g/mol. The van der Waals surface area contributed by atoms with E-state index in [1.165, 1.54) is 6.20 Å². The van der Waals surface area contributed by atoms with Crippen molar-refractivity contribution >= 4 is 11.6 Å². The van der Waals surface area contributed by atoms with Gasteiger partial charge in [-0.3, -0.25) is 4.79 Å². The summed E-state index contributed by atoms with van der Waals surface area (Å²) >= 11 is 0. The number of anilines is 1. The molecule has 0 bridgehead atoms. The quantitative estimate of drug-likeness (QED) is 0.699. The van der Waals surface area contributed by atoms with Gasteiger partial charge in [0.2, 0.25) is 0 Å². The van der Waals surface area contributed by atoms with E-state index in [0.29, 0.717) is 17.9 Å². The number of amides is 1. The second-order valence-electron chi connectivity index (χ2n) is 3.79. The number of carbonyl (C=O) groups is 1. The second-order valence-corrected chi connectivity index (χ2v) is 3.79. The molecule has 0 aliphatic rings. The predicted molar refractivity (Wildman–Crippen MR) is 66.7 cm³/mol. The number of methoxy groups -OCH3 is 1. The van der Waals surface area contributed by atoms with Gasteiger partial charge in [-0.15, -0.1) is 0 Å². The molecule has 1 amide bonds. The van der Waals surface area contributed by atoms with Crippen LogP contribution in [-0.2, 0) is 4.74 Å². The minimum absolute atomic E-state index is 0.156. The smallest absolute Gasteiger partial charge is 0.269 e. The zero-order valence-corrected chi connectivity index (χ0v) is 10.1. The number of nitrogens with zero attached hydrogens (tertiary/aromatic N) is 1. The number of nitrogen functional groups attached to an aromatic ring is 1. The van der Waals surface area contributed by atoms with Gasteiger partial charge in [0.1, 0.15) is 5.69 Å². The van der Waals surface area contributed by atoms with Crippen molar-refractivity contribution in [1.29, 1.82) is 0 Å². The predicted octanol–water partition coefficient (Wildman–Crippen LogP) is 1.21. The van der Waals surface area contributed by atoms with E-state index in [4.69, 9.17) is 10.5 Å². The summed E-state index contributed by atoms with van der Waals surface area (Å²) in [6.45, 7) is 1.43. The summed E-state index contributed by atoms with van der Waals surface area (Å²) in [5, 5.41) is 2.81. The Morgan fingerprint density at radius 1 is 1.41 bits per heavy atom. The normalized spacial score (nSPS) is 10.2. The first-order valence-electron chi connectivity index (χ1n) is 5.72. The Morgan fingerprint density at radius 3 is 2.88 bits per heavy atom. The summed E-state index contributed by atoms with van der Waals surface area (Å²) in [4.78, 5) is 15.6. The third-order valence-electron chi connectivity index (χ3n) is 2.33. The molecule has 1 heterocycles. The van der Waals surface area contributed by atoms with Crippen molar-refractivity contribution in [3.05, 3.63) is 24.0 Å². The number of nitrogens with two attached hydrogens (primary N) is 1. The first-order chi connectivity index (χ1) is 8.24. The van der Waals surface area contributed by atoms with E-state index in [1.54, 1.807) is 19.2 Å². The maximum Gasteiger partial charge on any atom is 0.269 e. The maximum atomic E-state index is 11.6. The molecule has 3 N–H and O–H groups in total. The molecular formula is C12H19N3O2. The van der Waals surface area contributed by atoms with Crippen molar-refractivity contribution in [3.8, 4) is 0 Å². The summed E-state index contributed by atoms with van der Waals surface area (Å²) < 4.78 is 4.94. The Labute approximate surface area is 101 Å². The molecule has 0 radical (unpaired) electrons. The van der Waals surface area contributed by atoms with Crippen molar-refractivity contribution < 1.29 is 9.53 Å². The molecule has 5 heteroatoms. The highest BCUT2D eigenvalue weighted by molar-refractivity contribution is 5.92. The number of pyridine rings is 1. The zero-order valence-electron chi connectivity index (χ0n) is 10.1. The largest absolute Gasteiger partial charge is 0.397 e. The molecule has 0 fully saturated rings. The van der Waals surface area contributed by atoms with E-state index in [2.05, 4.69) is 10.3 Å². The lowest BCUT2D eigenvalue weighted by Crippen LogP contribution is -2.25. The molecule has 0 saturated carbocycles. The van der Waals surface area contributed by atoms with Crippen LogP contribution in [0.25, 0.3) is 0 Å². The van der Waals surface area contributed by atoms with Crippen molar-refractivity contribution in [3.63, 3.8) is 0 Å². The van der Waals surface area contributed by atoms with Gasteiger partial charge in [-0.05, 0) is 31.4 Å². The molecule has 0 unspecified atom stereocenters.